The number of amides is 3. The van der Waals surface area contributed by atoms with E-state index in [1.54, 1.807) is 24.3 Å². The quantitative estimate of drug-likeness (QED) is 0.656. The summed E-state index contributed by atoms with van der Waals surface area (Å²) in [6.45, 7) is 3.02. The fraction of sp³-hybridized carbons (Fsp3) is 0.556. The van der Waals surface area contributed by atoms with Crippen LogP contribution in [0.5, 0.6) is 0 Å². The molecule has 0 aromatic heterocycles. The minimum absolute atomic E-state index is 0.0233. The molecule has 2 heterocycles. The minimum atomic E-state index is -0.249. The molecule has 0 radical (unpaired) electrons. The van der Waals surface area contributed by atoms with Gasteiger partial charge in [0.05, 0.1) is 12.0 Å². The Bertz CT molecular complexity index is 578. The second kappa shape index (κ2) is 8.82. The number of anilines is 2. The predicted octanol–water partition coefficient (Wildman–Crippen LogP) is 1.93. The lowest BCUT2D eigenvalue weighted by Crippen LogP contribution is -2.37. The molecule has 25 heavy (non-hydrogen) atoms. The van der Waals surface area contributed by atoms with E-state index in [1.165, 1.54) is 0 Å². The number of nitrogens with one attached hydrogen (secondary N) is 4. The van der Waals surface area contributed by atoms with Crippen molar-refractivity contribution in [2.75, 3.05) is 36.9 Å². The highest BCUT2D eigenvalue weighted by molar-refractivity contribution is 5.93. The van der Waals surface area contributed by atoms with Crippen LogP contribution >= 0.6 is 0 Å². The first-order chi connectivity index (χ1) is 12.2. The summed E-state index contributed by atoms with van der Waals surface area (Å²) in [6.07, 6.45) is 4.12. The van der Waals surface area contributed by atoms with Crippen LogP contribution in [0.1, 0.15) is 25.7 Å². The molecule has 1 aromatic carbocycles. The second-order valence-electron chi connectivity index (χ2n) is 6.58. The fourth-order valence-electron chi connectivity index (χ4n) is 3.14. The molecular weight excluding hydrogens is 320 g/mol. The Balaban J connectivity index is 1.43. The zero-order chi connectivity index (χ0) is 17.5. The molecule has 0 spiro atoms. The fourth-order valence-corrected chi connectivity index (χ4v) is 3.14. The Labute approximate surface area is 147 Å². The van der Waals surface area contributed by atoms with E-state index in [0.717, 1.165) is 51.1 Å². The molecule has 2 saturated heterocycles. The van der Waals surface area contributed by atoms with Crippen molar-refractivity contribution in [3.05, 3.63) is 24.3 Å². The van der Waals surface area contributed by atoms with Gasteiger partial charge in [-0.25, -0.2) is 4.79 Å². The second-order valence-corrected chi connectivity index (χ2v) is 6.58. The van der Waals surface area contributed by atoms with Crippen LogP contribution < -0.4 is 21.3 Å². The minimum Gasteiger partial charge on any atom is -0.376 e. The number of piperidine rings is 1. The molecule has 1 aromatic rings. The van der Waals surface area contributed by atoms with Crippen molar-refractivity contribution in [3.63, 3.8) is 0 Å². The summed E-state index contributed by atoms with van der Waals surface area (Å²) >= 11 is 0. The molecule has 3 amide bonds. The van der Waals surface area contributed by atoms with Crippen LogP contribution in [0.3, 0.4) is 0 Å². The first-order valence-electron chi connectivity index (χ1n) is 8.99. The maximum atomic E-state index is 12.2. The molecule has 136 valence electrons. The zero-order valence-electron chi connectivity index (χ0n) is 14.3. The normalized spacial score (nSPS) is 23.0. The summed E-state index contributed by atoms with van der Waals surface area (Å²) < 4.78 is 5.47. The van der Waals surface area contributed by atoms with Gasteiger partial charge in [0.2, 0.25) is 5.91 Å². The van der Waals surface area contributed by atoms with Crippen LogP contribution in [0.25, 0.3) is 0 Å². The standard InChI is InChI=1S/C18H26N4O3/c23-17(13-3-1-9-19-11-13)21-14-5-7-15(8-6-14)22-18(24)20-12-16-4-2-10-25-16/h5-8,13,16,19H,1-4,9-12H2,(H,21,23)(H2,20,22,24). The average Bonchev–Trinajstić information content (AvgIpc) is 3.16. The predicted molar refractivity (Wildman–Crippen MR) is 96.7 cm³/mol. The number of carbonyl (C=O) groups excluding carboxylic acids is 2. The number of hydrogen-bond acceptors (Lipinski definition) is 4. The third-order valence-corrected chi connectivity index (χ3v) is 4.59. The van der Waals surface area contributed by atoms with E-state index in [-0.39, 0.29) is 24.0 Å². The Morgan fingerprint density at radius 3 is 2.48 bits per heavy atom. The van der Waals surface area contributed by atoms with Crippen molar-refractivity contribution < 1.29 is 14.3 Å². The van der Waals surface area contributed by atoms with Gasteiger partial charge in [-0.1, -0.05) is 0 Å². The van der Waals surface area contributed by atoms with E-state index >= 15 is 0 Å². The maximum Gasteiger partial charge on any atom is 0.319 e. The van der Waals surface area contributed by atoms with Gasteiger partial charge < -0.3 is 26.0 Å². The van der Waals surface area contributed by atoms with Crippen LogP contribution in [-0.4, -0.2) is 44.3 Å². The van der Waals surface area contributed by atoms with Crippen LogP contribution in [0, 0.1) is 5.92 Å². The van der Waals surface area contributed by atoms with Gasteiger partial charge in [-0.15, -0.1) is 0 Å². The Hall–Kier alpha value is -2.12. The summed E-state index contributed by atoms with van der Waals surface area (Å²) in [7, 11) is 0. The van der Waals surface area contributed by atoms with Crippen molar-refractivity contribution in [1.82, 2.24) is 10.6 Å². The highest BCUT2D eigenvalue weighted by atomic mass is 16.5. The van der Waals surface area contributed by atoms with Crippen LogP contribution in [0.2, 0.25) is 0 Å². The number of hydrogen-bond donors (Lipinski definition) is 4. The Morgan fingerprint density at radius 1 is 1.08 bits per heavy atom. The van der Waals surface area contributed by atoms with E-state index < -0.39 is 0 Å². The molecule has 2 aliphatic rings. The third-order valence-electron chi connectivity index (χ3n) is 4.59. The lowest BCUT2D eigenvalue weighted by atomic mass is 9.99. The highest BCUT2D eigenvalue weighted by Gasteiger charge is 2.20. The zero-order valence-corrected chi connectivity index (χ0v) is 14.3. The summed E-state index contributed by atoms with van der Waals surface area (Å²) in [4.78, 5) is 24.1. The van der Waals surface area contributed by atoms with Crippen LogP contribution in [0.15, 0.2) is 24.3 Å². The van der Waals surface area contributed by atoms with Crippen molar-refractivity contribution in [1.29, 1.82) is 0 Å². The Kier molecular flexibility index (Phi) is 6.25. The van der Waals surface area contributed by atoms with Gasteiger partial charge in [-0.05, 0) is 56.5 Å². The van der Waals surface area contributed by atoms with Gasteiger partial charge in [-0.3, -0.25) is 4.79 Å². The lowest BCUT2D eigenvalue weighted by molar-refractivity contribution is -0.120. The van der Waals surface area contributed by atoms with Crippen molar-refractivity contribution >= 4 is 23.3 Å². The number of carbonyl (C=O) groups is 2. The van der Waals surface area contributed by atoms with E-state index in [0.29, 0.717) is 12.2 Å². The number of rotatable bonds is 5. The molecule has 0 aliphatic carbocycles. The molecule has 0 saturated carbocycles. The van der Waals surface area contributed by atoms with Gasteiger partial charge in [-0.2, -0.15) is 0 Å². The highest BCUT2D eigenvalue weighted by Crippen LogP contribution is 2.17. The van der Waals surface area contributed by atoms with E-state index in [9.17, 15) is 9.59 Å². The van der Waals surface area contributed by atoms with Gasteiger partial charge in [0, 0.05) is 31.1 Å². The first-order valence-corrected chi connectivity index (χ1v) is 8.99. The van der Waals surface area contributed by atoms with Crippen molar-refractivity contribution in [2.24, 2.45) is 5.92 Å². The van der Waals surface area contributed by atoms with Gasteiger partial charge in [0.15, 0.2) is 0 Å². The monoisotopic (exact) mass is 346 g/mol. The molecule has 2 atom stereocenters. The molecule has 7 nitrogen and oxygen atoms in total. The summed E-state index contributed by atoms with van der Waals surface area (Å²) in [5.41, 5.74) is 1.42. The average molecular weight is 346 g/mol. The molecule has 4 N–H and O–H groups in total. The van der Waals surface area contributed by atoms with Crippen molar-refractivity contribution in [3.8, 4) is 0 Å². The smallest absolute Gasteiger partial charge is 0.319 e. The van der Waals surface area contributed by atoms with E-state index in [2.05, 4.69) is 21.3 Å². The molecule has 2 aliphatic heterocycles. The number of ether oxygens (including phenoxy) is 1. The van der Waals surface area contributed by atoms with Gasteiger partial charge in [0.1, 0.15) is 0 Å². The van der Waals surface area contributed by atoms with Crippen LogP contribution in [0.4, 0.5) is 16.2 Å². The number of urea groups is 1. The largest absolute Gasteiger partial charge is 0.376 e. The summed E-state index contributed by atoms with van der Waals surface area (Å²) in [5, 5.41) is 11.8. The molecule has 0 bridgehead atoms. The van der Waals surface area contributed by atoms with Gasteiger partial charge >= 0.3 is 6.03 Å². The third kappa shape index (κ3) is 5.44. The maximum absolute atomic E-state index is 12.2. The molecule has 7 heteroatoms. The first kappa shape index (κ1) is 17.7. The Morgan fingerprint density at radius 2 is 1.84 bits per heavy atom. The topological polar surface area (TPSA) is 91.5 Å². The lowest BCUT2D eigenvalue weighted by Gasteiger charge is -2.21. The molecule has 3 rings (SSSR count). The number of benzene rings is 1. The molecular formula is C18H26N4O3. The van der Waals surface area contributed by atoms with Crippen molar-refractivity contribution in [2.45, 2.75) is 31.8 Å². The molecule has 2 fully saturated rings. The SMILES string of the molecule is O=C(NCC1CCCO1)Nc1ccc(NC(=O)C2CCCNC2)cc1. The van der Waals surface area contributed by atoms with E-state index in [1.807, 2.05) is 0 Å². The van der Waals surface area contributed by atoms with Gasteiger partial charge in [0.25, 0.3) is 0 Å². The van der Waals surface area contributed by atoms with Crippen LogP contribution in [-0.2, 0) is 9.53 Å². The molecule has 2 unspecified atom stereocenters. The summed E-state index contributed by atoms with van der Waals surface area (Å²) in [5.74, 6) is 0.0670. The van der Waals surface area contributed by atoms with E-state index in [4.69, 9.17) is 4.74 Å². The summed E-state index contributed by atoms with van der Waals surface area (Å²) in [6, 6.07) is 6.90.